The number of nitrogens with zero attached hydrogens (tertiary/aromatic N) is 2. The largest absolute Gasteiger partial charge is 0.350 e. The van der Waals surface area contributed by atoms with Gasteiger partial charge in [-0.15, -0.1) is 0 Å². The minimum Gasteiger partial charge on any atom is -0.350 e. The van der Waals surface area contributed by atoms with Gasteiger partial charge >= 0.3 is 0 Å². The summed E-state index contributed by atoms with van der Waals surface area (Å²) in [5.41, 5.74) is -0.188. The molecule has 0 spiro atoms. The van der Waals surface area contributed by atoms with Crippen molar-refractivity contribution < 1.29 is 9.32 Å². The summed E-state index contributed by atoms with van der Waals surface area (Å²) in [6.07, 6.45) is 1.95. The molecule has 0 saturated carbocycles. The molecule has 0 saturated heterocycles. The lowest BCUT2D eigenvalue weighted by atomic mass is 10.1. The molecular weight excluding hydrogens is 208 g/mol. The Balaban J connectivity index is 2.09. The Morgan fingerprint density at radius 2 is 2.25 bits per heavy atom. The Bertz CT molecular complexity index is 316. The third-order valence-corrected chi connectivity index (χ3v) is 1.73. The van der Waals surface area contributed by atoms with E-state index in [1.807, 2.05) is 20.8 Å². The van der Waals surface area contributed by atoms with E-state index in [0.29, 0.717) is 25.3 Å². The molecular formula is C10H18N4O2. The van der Waals surface area contributed by atoms with Crippen molar-refractivity contribution in [1.82, 2.24) is 20.8 Å². The Kier molecular flexibility index (Phi) is 4.42. The Labute approximate surface area is 94.8 Å². The van der Waals surface area contributed by atoms with Gasteiger partial charge in [0.2, 0.25) is 12.3 Å². The molecule has 6 nitrogen and oxygen atoms in total. The van der Waals surface area contributed by atoms with Crippen molar-refractivity contribution in [3.8, 4) is 0 Å². The first-order valence-corrected chi connectivity index (χ1v) is 5.24. The number of nitrogens with one attached hydrogen (secondary N) is 2. The van der Waals surface area contributed by atoms with Gasteiger partial charge in [0.15, 0.2) is 5.82 Å². The maximum absolute atomic E-state index is 11.4. The van der Waals surface area contributed by atoms with Crippen LogP contribution in [0, 0.1) is 0 Å². The van der Waals surface area contributed by atoms with Crippen LogP contribution in [-0.2, 0) is 11.2 Å². The second-order valence-corrected chi connectivity index (χ2v) is 4.57. The zero-order chi connectivity index (χ0) is 12.0. The summed E-state index contributed by atoms with van der Waals surface area (Å²) in [4.78, 5) is 15.3. The topological polar surface area (TPSA) is 80.0 Å². The van der Waals surface area contributed by atoms with E-state index in [1.165, 1.54) is 6.39 Å². The number of hydrogen-bond donors (Lipinski definition) is 2. The van der Waals surface area contributed by atoms with E-state index < -0.39 is 0 Å². The molecule has 6 heteroatoms. The smallest absolute Gasteiger partial charge is 0.234 e. The number of amides is 1. The number of carbonyl (C=O) groups is 1. The summed E-state index contributed by atoms with van der Waals surface area (Å²) < 4.78 is 4.59. The molecule has 1 aromatic rings. The van der Waals surface area contributed by atoms with Crippen molar-refractivity contribution in [2.75, 3.05) is 13.1 Å². The summed E-state index contributed by atoms with van der Waals surface area (Å²) in [6.45, 7) is 6.80. The van der Waals surface area contributed by atoms with Gasteiger partial charge in [-0.05, 0) is 20.8 Å². The third-order valence-electron chi connectivity index (χ3n) is 1.73. The van der Waals surface area contributed by atoms with Crippen LogP contribution in [0.15, 0.2) is 10.9 Å². The summed E-state index contributed by atoms with van der Waals surface area (Å²) in [5.74, 6) is 0.629. The average Bonchev–Trinajstić information content (AvgIpc) is 2.62. The van der Waals surface area contributed by atoms with Crippen LogP contribution in [0.3, 0.4) is 0 Å². The van der Waals surface area contributed by atoms with Crippen molar-refractivity contribution >= 4 is 5.91 Å². The maximum Gasteiger partial charge on any atom is 0.234 e. The zero-order valence-corrected chi connectivity index (χ0v) is 9.91. The van der Waals surface area contributed by atoms with Gasteiger partial charge in [-0.25, -0.2) is 0 Å². The van der Waals surface area contributed by atoms with Crippen LogP contribution in [0.5, 0.6) is 0 Å². The molecule has 0 aliphatic carbocycles. The molecule has 1 heterocycles. The quantitative estimate of drug-likeness (QED) is 0.697. The third kappa shape index (κ3) is 5.45. The number of carbonyl (C=O) groups excluding carboxylic acids is 1. The minimum absolute atomic E-state index is 0.0133. The molecule has 0 bridgehead atoms. The number of rotatable bonds is 5. The van der Waals surface area contributed by atoms with E-state index in [0.717, 1.165) is 0 Å². The average molecular weight is 226 g/mol. The first-order valence-electron chi connectivity index (χ1n) is 5.24. The lowest BCUT2D eigenvalue weighted by Gasteiger charge is -2.20. The van der Waals surface area contributed by atoms with E-state index >= 15 is 0 Å². The molecule has 90 valence electrons. The zero-order valence-electron chi connectivity index (χ0n) is 9.91. The van der Waals surface area contributed by atoms with Gasteiger partial charge < -0.3 is 15.2 Å². The SMILES string of the molecule is CC(C)(C)NC(=O)CNCCc1ncon1. The van der Waals surface area contributed by atoms with Crippen molar-refractivity contribution in [2.45, 2.75) is 32.7 Å². The van der Waals surface area contributed by atoms with E-state index in [4.69, 9.17) is 0 Å². The molecule has 0 radical (unpaired) electrons. The highest BCUT2D eigenvalue weighted by atomic mass is 16.5. The van der Waals surface area contributed by atoms with Crippen molar-refractivity contribution in [2.24, 2.45) is 0 Å². The molecule has 0 unspecified atom stereocenters. The monoisotopic (exact) mass is 226 g/mol. The van der Waals surface area contributed by atoms with Crippen LogP contribution >= 0.6 is 0 Å². The van der Waals surface area contributed by atoms with Gasteiger partial charge in [-0.2, -0.15) is 4.98 Å². The van der Waals surface area contributed by atoms with Gasteiger partial charge in [-0.3, -0.25) is 4.79 Å². The fraction of sp³-hybridized carbons (Fsp3) is 0.700. The Hall–Kier alpha value is -1.43. The van der Waals surface area contributed by atoms with Crippen molar-refractivity contribution in [3.63, 3.8) is 0 Å². The van der Waals surface area contributed by atoms with Crippen LogP contribution in [0.25, 0.3) is 0 Å². The van der Waals surface area contributed by atoms with Gasteiger partial charge in [0.1, 0.15) is 0 Å². The van der Waals surface area contributed by atoms with E-state index in [1.54, 1.807) is 0 Å². The minimum atomic E-state index is -0.188. The van der Waals surface area contributed by atoms with E-state index in [-0.39, 0.29) is 11.4 Å². The van der Waals surface area contributed by atoms with Gasteiger partial charge in [0.25, 0.3) is 0 Å². The molecule has 0 aliphatic rings. The molecule has 1 aromatic heterocycles. The fourth-order valence-corrected chi connectivity index (χ4v) is 1.17. The summed E-state index contributed by atoms with van der Waals surface area (Å²) in [7, 11) is 0. The highest BCUT2D eigenvalue weighted by Crippen LogP contribution is 1.97. The highest BCUT2D eigenvalue weighted by Gasteiger charge is 2.12. The lowest BCUT2D eigenvalue weighted by molar-refractivity contribution is -0.121. The van der Waals surface area contributed by atoms with Crippen LogP contribution < -0.4 is 10.6 Å². The fourth-order valence-electron chi connectivity index (χ4n) is 1.17. The van der Waals surface area contributed by atoms with Crippen LogP contribution in [0.1, 0.15) is 26.6 Å². The number of aromatic nitrogens is 2. The summed E-state index contributed by atoms with van der Waals surface area (Å²) in [5, 5.41) is 9.54. The molecule has 1 rings (SSSR count). The van der Waals surface area contributed by atoms with Crippen LogP contribution in [0.2, 0.25) is 0 Å². The second-order valence-electron chi connectivity index (χ2n) is 4.57. The summed E-state index contributed by atoms with van der Waals surface area (Å²) >= 11 is 0. The van der Waals surface area contributed by atoms with Crippen molar-refractivity contribution in [3.05, 3.63) is 12.2 Å². The predicted octanol–water partition coefficient (Wildman–Crippen LogP) is 0.116. The van der Waals surface area contributed by atoms with E-state index in [9.17, 15) is 4.79 Å². The molecule has 1 amide bonds. The first kappa shape index (κ1) is 12.6. The normalized spacial score (nSPS) is 11.4. The van der Waals surface area contributed by atoms with Gasteiger partial charge in [0, 0.05) is 18.5 Å². The van der Waals surface area contributed by atoms with Crippen LogP contribution in [0.4, 0.5) is 0 Å². The second kappa shape index (κ2) is 5.60. The van der Waals surface area contributed by atoms with Gasteiger partial charge in [0.05, 0.1) is 6.54 Å². The lowest BCUT2D eigenvalue weighted by Crippen LogP contribution is -2.45. The van der Waals surface area contributed by atoms with Gasteiger partial charge in [-0.1, -0.05) is 5.16 Å². The maximum atomic E-state index is 11.4. The van der Waals surface area contributed by atoms with Crippen molar-refractivity contribution in [1.29, 1.82) is 0 Å². The Morgan fingerprint density at radius 1 is 1.50 bits per heavy atom. The standard InChI is InChI=1S/C10H18N4O2/c1-10(2,3)13-9(15)6-11-5-4-8-12-7-16-14-8/h7,11H,4-6H2,1-3H3,(H,13,15). The van der Waals surface area contributed by atoms with E-state index in [2.05, 4.69) is 25.3 Å². The van der Waals surface area contributed by atoms with Crippen LogP contribution in [-0.4, -0.2) is 34.7 Å². The Morgan fingerprint density at radius 3 is 2.81 bits per heavy atom. The number of hydrogen-bond acceptors (Lipinski definition) is 5. The molecule has 2 N–H and O–H groups in total. The molecule has 16 heavy (non-hydrogen) atoms. The first-order chi connectivity index (χ1) is 7.47. The molecule has 0 aliphatic heterocycles. The molecule has 0 aromatic carbocycles. The highest BCUT2D eigenvalue weighted by molar-refractivity contribution is 5.78. The predicted molar refractivity (Wildman–Crippen MR) is 58.8 cm³/mol. The molecule has 0 atom stereocenters. The molecule has 0 fully saturated rings. The summed E-state index contributed by atoms with van der Waals surface area (Å²) in [6, 6.07) is 0.